The van der Waals surface area contributed by atoms with E-state index in [2.05, 4.69) is 11.4 Å². The van der Waals surface area contributed by atoms with Gasteiger partial charge in [0.2, 0.25) is 0 Å². The van der Waals surface area contributed by atoms with Gasteiger partial charge in [-0.3, -0.25) is 4.79 Å². The highest BCUT2D eigenvalue weighted by molar-refractivity contribution is 5.92. The fourth-order valence-corrected chi connectivity index (χ4v) is 2.83. The second kappa shape index (κ2) is 10.5. The molecule has 0 aliphatic heterocycles. The quantitative estimate of drug-likeness (QED) is 0.540. The number of allylic oxidation sites excluding steroid dienone is 1. The summed E-state index contributed by atoms with van der Waals surface area (Å²) in [4.78, 5) is 24.0. The van der Waals surface area contributed by atoms with E-state index in [1.807, 2.05) is 6.92 Å². The second-order valence-corrected chi connectivity index (χ2v) is 6.08. The van der Waals surface area contributed by atoms with Crippen molar-refractivity contribution in [1.82, 2.24) is 5.32 Å². The number of methoxy groups -OCH3 is 1. The van der Waals surface area contributed by atoms with Gasteiger partial charge in [0.15, 0.2) is 18.1 Å². The highest BCUT2D eigenvalue weighted by Crippen LogP contribution is 2.28. The average Bonchev–Trinajstić information content (AvgIpc) is 2.67. The van der Waals surface area contributed by atoms with Crippen LogP contribution in [0.25, 0.3) is 0 Å². The van der Waals surface area contributed by atoms with Gasteiger partial charge >= 0.3 is 5.97 Å². The highest BCUT2D eigenvalue weighted by Gasteiger charge is 2.14. The van der Waals surface area contributed by atoms with E-state index >= 15 is 0 Å². The van der Waals surface area contributed by atoms with Gasteiger partial charge in [-0.15, -0.1) is 0 Å². The van der Waals surface area contributed by atoms with Crippen LogP contribution in [0, 0.1) is 0 Å². The van der Waals surface area contributed by atoms with E-state index in [-0.39, 0.29) is 12.5 Å². The SMILES string of the molecule is CCOc1cc(C(=O)OCC(=O)NCCC2=CCCCC2)ccc1OC. The zero-order valence-corrected chi connectivity index (χ0v) is 15.5. The van der Waals surface area contributed by atoms with Crippen LogP contribution in [0.5, 0.6) is 11.5 Å². The summed E-state index contributed by atoms with van der Waals surface area (Å²) in [6.07, 6.45) is 7.84. The van der Waals surface area contributed by atoms with Crippen molar-refractivity contribution in [3.8, 4) is 11.5 Å². The molecule has 0 aromatic heterocycles. The number of amides is 1. The molecule has 0 unspecified atom stereocenters. The Labute approximate surface area is 154 Å². The molecule has 1 aliphatic rings. The maximum absolute atomic E-state index is 12.1. The van der Waals surface area contributed by atoms with Gasteiger partial charge in [-0.1, -0.05) is 11.6 Å². The maximum Gasteiger partial charge on any atom is 0.338 e. The van der Waals surface area contributed by atoms with Crippen molar-refractivity contribution in [2.45, 2.75) is 39.0 Å². The van der Waals surface area contributed by atoms with E-state index in [1.54, 1.807) is 18.2 Å². The molecule has 0 bridgehead atoms. The van der Waals surface area contributed by atoms with Crippen LogP contribution >= 0.6 is 0 Å². The molecular formula is C20H27NO5. The van der Waals surface area contributed by atoms with Crippen LogP contribution in [-0.4, -0.2) is 38.7 Å². The Hall–Kier alpha value is -2.50. The molecule has 0 heterocycles. The molecule has 1 amide bonds. The summed E-state index contributed by atoms with van der Waals surface area (Å²) in [5.41, 5.74) is 1.71. The molecule has 0 radical (unpaired) electrons. The number of ether oxygens (including phenoxy) is 3. The number of hydrogen-bond donors (Lipinski definition) is 1. The minimum absolute atomic E-state index is 0.298. The van der Waals surface area contributed by atoms with Crippen LogP contribution < -0.4 is 14.8 Å². The normalized spacial score (nSPS) is 13.5. The number of nitrogens with one attached hydrogen (secondary N) is 1. The second-order valence-electron chi connectivity index (χ2n) is 6.08. The van der Waals surface area contributed by atoms with E-state index in [4.69, 9.17) is 14.2 Å². The molecule has 1 aromatic rings. The Bertz CT molecular complexity index is 654. The summed E-state index contributed by atoms with van der Waals surface area (Å²) in [5, 5.41) is 2.79. The summed E-state index contributed by atoms with van der Waals surface area (Å²) in [7, 11) is 1.53. The summed E-state index contributed by atoms with van der Waals surface area (Å²) >= 11 is 0. The third kappa shape index (κ3) is 6.10. The number of benzene rings is 1. The number of rotatable bonds is 9. The lowest BCUT2D eigenvalue weighted by Crippen LogP contribution is -2.29. The van der Waals surface area contributed by atoms with Gasteiger partial charge < -0.3 is 19.5 Å². The lowest BCUT2D eigenvalue weighted by atomic mass is 9.97. The van der Waals surface area contributed by atoms with E-state index in [9.17, 15) is 9.59 Å². The van der Waals surface area contributed by atoms with Crippen LogP contribution in [0.4, 0.5) is 0 Å². The van der Waals surface area contributed by atoms with Gasteiger partial charge in [-0.2, -0.15) is 0 Å². The molecule has 1 aromatic carbocycles. The van der Waals surface area contributed by atoms with Crippen molar-refractivity contribution in [2.24, 2.45) is 0 Å². The molecule has 1 aliphatic carbocycles. The minimum Gasteiger partial charge on any atom is -0.493 e. The monoisotopic (exact) mass is 361 g/mol. The third-order valence-electron chi connectivity index (χ3n) is 4.19. The highest BCUT2D eigenvalue weighted by atomic mass is 16.5. The fraction of sp³-hybridized carbons (Fsp3) is 0.500. The van der Waals surface area contributed by atoms with Crippen LogP contribution in [0.15, 0.2) is 29.8 Å². The van der Waals surface area contributed by atoms with Crippen molar-refractivity contribution < 1.29 is 23.8 Å². The summed E-state index contributed by atoms with van der Waals surface area (Å²) in [5.74, 6) is 0.139. The summed E-state index contributed by atoms with van der Waals surface area (Å²) in [6.45, 7) is 2.57. The van der Waals surface area contributed by atoms with Crippen molar-refractivity contribution in [2.75, 3.05) is 26.9 Å². The van der Waals surface area contributed by atoms with Gasteiger partial charge in [0.05, 0.1) is 19.3 Å². The van der Waals surface area contributed by atoms with Gasteiger partial charge in [-0.05, 0) is 57.2 Å². The van der Waals surface area contributed by atoms with E-state index < -0.39 is 5.97 Å². The first-order chi connectivity index (χ1) is 12.6. The Kier molecular flexibility index (Phi) is 7.99. The Morgan fingerprint density at radius 3 is 2.73 bits per heavy atom. The molecular weight excluding hydrogens is 334 g/mol. The van der Waals surface area contributed by atoms with E-state index in [0.29, 0.717) is 30.2 Å². The lowest BCUT2D eigenvalue weighted by Gasteiger charge is -2.13. The standard InChI is InChI=1S/C20H27NO5/c1-3-25-18-13-16(9-10-17(18)24-2)20(23)26-14-19(22)21-12-11-15-7-5-4-6-8-15/h7,9-10,13H,3-6,8,11-12,14H2,1-2H3,(H,21,22). The average molecular weight is 361 g/mol. The van der Waals surface area contributed by atoms with Gasteiger partial charge in [0, 0.05) is 6.54 Å². The van der Waals surface area contributed by atoms with Crippen LogP contribution in [-0.2, 0) is 9.53 Å². The largest absolute Gasteiger partial charge is 0.493 e. The molecule has 26 heavy (non-hydrogen) atoms. The molecule has 0 saturated carbocycles. The topological polar surface area (TPSA) is 73.9 Å². The summed E-state index contributed by atoms with van der Waals surface area (Å²) < 4.78 is 15.7. The van der Waals surface area contributed by atoms with E-state index in [1.165, 1.54) is 25.5 Å². The molecule has 6 heteroatoms. The van der Waals surface area contributed by atoms with Crippen LogP contribution in [0.2, 0.25) is 0 Å². The van der Waals surface area contributed by atoms with Crippen LogP contribution in [0.3, 0.4) is 0 Å². The van der Waals surface area contributed by atoms with Crippen molar-refractivity contribution >= 4 is 11.9 Å². The number of carbonyl (C=O) groups excluding carboxylic acids is 2. The molecule has 1 N–H and O–H groups in total. The molecule has 0 spiro atoms. The molecule has 0 atom stereocenters. The summed E-state index contributed by atoms with van der Waals surface area (Å²) in [6, 6.07) is 4.77. The number of hydrogen-bond acceptors (Lipinski definition) is 5. The molecule has 142 valence electrons. The number of carbonyl (C=O) groups is 2. The van der Waals surface area contributed by atoms with Crippen molar-refractivity contribution in [3.63, 3.8) is 0 Å². The minimum atomic E-state index is -0.571. The Morgan fingerprint density at radius 1 is 1.19 bits per heavy atom. The first-order valence-corrected chi connectivity index (χ1v) is 9.06. The zero-order valence-electron chi connectivity index (χ0n) is 15.5. The van der Waals surface area contributed by atoms with Gasteiger partial charge in [-0.25, -0.2) is 4.79 Å². The van der Waals surface area contributed by atoms with Crippen LogP contribution in [0.1, 0.15) is 49.4 Å². The fourth-order valence-electron chi connectivity index (χ4n) is 2.83. The molecule has 0 saturated heterocycles. The number of esters is 1. The van der Waals surface area contributed by atoms with E-state index in [0.717, 1.165) is 19.3 Å². The molecule has 0 fully saturated rings. The first-order valence-electron chi connectivity index (χ1n) is 9.06. The Morgan fingerprint density at radius 2 is 2.04 bits per heavy atom. The first kappa shape index (κ1) is 19.8. The predicted molar refractivity (Wildman–Crippen MR) is 98.6 cm³/mol. The molecule has 2 rings (SSSR count). The maximum atomic E-state index is 12.1. The van der Waals surface area contributed by atoms with Crippen molar-refractivity contribution in [1.29, 1.82) is 0 Å². The smallest absolute Gasteiger partial charge is 0.338 e. The van der Waals surface area contributed by atoms with Gasteiger partial charge in [0.1, 0.15) is 0 Å². The third-order valence-corrected chi connectivity index (χ3v) is 4.19. The molecule has 6 nitrogen and oxygen atoms in total. The zero-order chi connectivity index (χ0) is 18.8. The lowest BCUT2D eigenvalue weighted by molar-refractivity contribution is -0.124. The van der Waals surface area contributed by atoms with Gasteiger partial charge in [0.25, 0.3) is 5.91 Å². The van der Waals surface area contributed by atoms with Crippen molar-refractivity contribution in [3.05, 3.63) is 35.4 Å². The predicted octanol–water partition coefficient (Wildman–Crippen LogP) is 3.26. The Balaban J connectivity index is 1.77.